The first-order valence-corrected chi connectivity index (χ1v) is 7.57. The van der Waals surface area contributed by atoms with E-state index in [1.54, 1.807) is 11.4 Å². The maximum absolute atomic E-state index is 11.7. The zero-order chi connectivity index (χ0) is 11.5. The fourth-order valence-corrected chi connectivity index (χ4v) is 4.39. The van der Waals surface area contributed by atoms with Crippen molar-refractivity contribution in [3.8, 4) is 0 Å². The van der Waals surface area contributed by atoms with Gasteiger partial charge in [0, 0.05) is 17.1 Å². The van der Waals surface area contributed by atoms with Gasteiger partial charge in [-0.1, -0.05) is 0 Å². The van der Waals surface area contributed by atoms with E-state index in [0.717, 1.165) is 0 Å². The van der Waals surface area contributed by atoms with Gasteiger partial charge in [0.2, 0.25) is 0 Å². The van der Waals surface area contributed by atoms with Crippen LogP contribution < -0.4 is 10.5 Å². The summed E-state index contributed by atoms with van der Waals surface area (Å²) in [6.45, 7) is 2.21. The second-order valence-corrected chi connectivity index (χ2v) is 6.95. The fraction of sp³-hybridized carbons (Fsp3) is 0.500. The van der Waals surface area contributed by atoms with Crippen LogP contribution in [0.3, 0.4) is 0 Å². The van der Waals surface area contributed by atoms with Gasteiger partial charge < -0.3 is 5.73 Å². The molecule has 0 amide bonds. The van der Waals surface area contributed by atoms with Crippen molar-refractivity contribution in [3.63, 3.8) is 0 Å². The Morgan fingerprint density at radius 3 is 2.69 bits per heavy atom. The van der Waals surface area contributed by atoms with Gasteiger partial charge in [-0.25, -0.2) is 13.1 Å². The Labute approximate surface area is 114 Å². The number of nitrogens with two attached hydrogens (primary N) is 1. The minimum atomic E-state index is -3.38. The van der Waals surface area contributed by atoms with Crippen LogP contribution in [0.5, 0.6) is 0 Å². The summed E-state index contributed by atoms with van der Waals surface area (Å²) < 4.78 is 26.9. The zero-order valence-electron chi connectivity index (χ0n) is 8.64. The summed E-state index contributed by atoms with van der Waals surface area (Å²) in [7, 11) is -3.38. The molecule has 16 heavy (non-hydrogen) atoms. The third-order valence-electron chi connectivity index (χ3n) is 1.72. The lowest BCUT2D eigenvalue weighted by molar-refractivity contribution is 0.573. The van der Waals surface area contributed by atoms with Crippen molar-refractivity contribution < 1.29 is 8.42 Å². The van der Waals surface area contributed by atoms with Crippen LogP contribution in [0.4, 0.5) is 0 Å². The first-order chi connectivity index (χ1) is 6.93. The minimum absolute atomic E-state index is 0. The van der Waals surface area contributed by atoms with E-state index in [9.17, 15) is 8.42 Å². The molecular weight excluding hydrogens is 336 g/mol. The molecule has 1 heterocycles. The maximum atomic E-state index is 11.7. The molecule has 0 aliphatic carbocycles. The van der Waals surface area contributed by atoms with E-state index in [-0.39, 0.29) is 18.4 Å². The second kappa shape index (κ2) is 6.93. The average Bonchev–Trinajstić information content (AvgIpc) is 2.50. The number of nitrogens with one attached hydrogen (secondary N) is 1. The molecule has 0 fully saturated rings. The number of hydrogen-bond acceptors (Lipinski definition) is 4. The molecule has 4 nitrogen and oxygen atoms in total. The normalized spacial score (nSPS) is 13.2. The average molecular weight is 350 g/mol. The van der Waals surface area contributed by atoms with Crippen molar-refractivity contribution in [2.75, 3.05) is 6.54 Å². The molecule has 0 bridgehead atoms. The Kier molecular flexibility index (Phi) is 7.07. The highest BCUT2D eigenvalue weighted by molar-refractivity contribution is 9.10. The molecule has 1 rings (SSSR count). The summed E-state index contributed by atoms with van der Waals surface area (Å²) in [5.74, 6) is 0. The highest BCUT2D eigenvalue weighted by atomic mass is 79.9. The van der Waals surface area contributed by atoms with E-state index >= 15 is 0 Å². The van der Waals surface area contributed by atoms with Crippen LogP contribution in [0.15, 0.2) is 20.1 Å². The second-order valence-electron chi connectivity index (χ2n) is 3.22. The minimum Gasteiger partial charge on any atom is -0.328 e. The monoisotopic (exact) mass is 348 g/mol. The smallest absolute Gasteiger partial charge is 0.251 e. The highest BCUT2D eigenvalue weighted by Crippen LogP contribution is 2.27. The lowest BCUT2D eigenvalue weighted by atomic mass is 10.3. The molecule has 3 N–H and O–H groups in total. The largest absolute Gasteiger partial charge is 0.328 e. The lowest BCUT2D eigenvalue weighted by Gasteiger charge is -2.07. The standard InChI is InChI=1S/C8H13BrN2O2S2.ClH/c1-6(10)2-4-11-15(12,13)8-7(9)3-5-14-8;/h3,5-6,11H,2,4,10H2,1H3;1H. The molecule has 1 aromatic rings. The van der Waals surface area contributed by atoms with Crippen molar-refractivity contribution in [1.29, 1.82) is 0 Å². The summed E-state index contributed by atoms with van der Waals surface area (Å²) in [4.78, 5) is 0. The van der Waals surface area contributed by atoms with E-state index in [0.29, 0.717) is 21.6 Å². The van der Waals surface area contributed by atoms with Crippen LogP contribution in [-0.2, 0) is 10.0 Å². The van der Waals surface area contributed by atoms with Crippen LogP contribution >= 0.6 is 39.7 Å². The van der Waals surface area contributed by atoms with Crippen LogP contribution in [0.1, 0.15) is 13.3 Å². The van der Waals surface area contributed by atoms with E-state index in [4.69, 9.17) is 5.73 Å². The zero-order valence-corrected chi connectivity index (χ0v) is 12.7. The predicted octanol–water partition coefficient (Wildman–Crippen LogP) is 1.95. The summed E-state index contributed by atoms with van der Waals surface area (Å²) in [5, 5.41) is 1.73. The number of rotatable bonds is 5. The molecule has 0 aliphatic rings. The molecule has 94 valence electrons. The van der Waals surface area contributed by atoms with Gasteiger partial charge in [0.15, 0.2) is 0 Å². The molecule has 0 radical (unpaired) electrons. The fourth-order valence-electron chi connectivity index (χ4n) is 0.958. The van der Waals surface area contributed by atoms with Crippen LogP contribution in [0.2, 0.25) is 0 Å². The van der Waals surface area contributed by atoms with Crippen LogP contribution in [0.25, 0.3) is 0 Å². The van der Waals surface area contributed by atoms with Crippen LogP contribution in [-0.4, -0.2) is 21.0 Å². The quantitative estimate of drug-likeness (QED) is 0.853. The van der Waals surface area contributed by atoms with Gasteiger partial charge in [0.25, 0.3) is 10.0 Å². The Balaban J connectivity index is 0.00000225. The molecule has 1 unspecified atom stereocenters. The summed E-state index contributed by atoms with van der Waals surface area (Å²) in [5.41, 5.74) is 5.53. The van der Waals surface area contributed by atoms with Crippen LogP contribution in [0, 0.1) is 0 Å². The van der Waals surface area contributed by atoms with Gasteiger partial charge in [0.1, 0.15) is 4.21 Å². The first kappa shape index (κ1) is 16.3. The molecule has 0 aliphatic heterocycles. The first-order valence-electron chi connectivity index (χ1n) is 4.41. The molecule has 0 saturated heterocycles. The van der Waals surface area contributed by atoms with Gasteiger partial charge in [-0.05, 0) is 40.7 Å². The van der Waals surface area contributed by atoms with Gasteiger partial charge in [-0.3, -0.25) is 0 Å². The van der Waals surface area contributed by atoms with E-state index in [1.165, 1.54) is 11.3 Å². The molecule has 8 heteroatoms. The van der Waals surface area contributed by atoms with E-state index in [1.807, 2.05) is 6.92 Å². The van der Waals surface area contributed by atoms with Crippen molar-refractivity contribution in [1.82, 2.24) is 4.72 Å². The Hall–Kier alpha value is 0.340. The molecule has 1 aromatic heterocycles. The number of halogens is 2. The van der Waals surface area contributed by atoms with E-state index < -0.39 is 10.0 Å². The Morgan fingerprint density at radius 2 is 2.25 bits per heavy atom. The lowest BCUT2D eigenvalue weighted by Crippen LogP contribution is -2.28. The highest BCUT2D eigenvalue weighted by Gasteiger charge is 2.18. The van der Waals surface area contributed by atoms with Gasteiger partial charge >= 0.3 is 0 Å². The Morgan fingerprint density at radius 1 is 1.62 bits per heavy atom. The van der Waals surface area contributed by atoms with E-state index in [2.05, 4.69) is 20.7 Å². The van der Waals surface area contributed by atoms with Gasteiger partial charge in [-0.15, -0.1) is 23.7 Å². The van der Waals surface area contributed by atoms with Crippen molar-refractivity contribution in [2.45, 2.75) is 23.6 Å². The number of hydrogen-bond donors (Lipinski definition) is 2. The number of thiophene rings is 1. The molecule has 0 spiro atoms. The maximum Gasteiger partial charge on any atom is 0.251 e. The molecule has 0 aromatic carbocycles. The molecule has 1 atom stereocenters. The van der Waals surface area contributed by atoms with Gasteiger partial charge in [0.05, 0.1) is 0 Å². The summed E-state index contributed by atoms with van der Waals surface area (Å²) in [6.07, 6.45) is 0.627. The number of sulfonamides is 1. The Bertz CT molecular complexity index is 419. The topological polar surface area (TPSA) is 72.2 Å². The van der Waals surface area contributed by atoms with Crippen molar-refractivity contribution >= 4 is 49.7 Å². The molecular formula is C8H14BrClN2O2S2. The van der Waals surface area contributed by atoms with Crippen molar-refractivity contribution in [3.05, 3.63) is 15.9 Å². The molecule has 0 saturated carbocycles. The third-order valence-corrected chi connectivity index (χ3v) is 5.85. The van der Waals surface area contributed by atoms with Crippen molar-refractivity contribution in [2.24, 2.45) is 5.73 Å². The third kappa shape index (κ3) is 4.68. The predicted molar refractivity (Wildman–Crippen MR) is 72.7 cm³/mol. The summed E-state index contributed by atoms with van der Waals surface area (Å²) >= 11 is 4.38. The summed E-state index contributed by atoms with van der Waals surface area (Å²) in [6, 6.07) is 1.71. The van der Waals surface area contributed by atoms with Gasteiger partial charge in [-0.2, -0.15) is 0 Å². The SMILES string of the molecule is CC(N)CCNS(=O)(=O)c1sccc1Br.Cl.